The number of nitrogens with zero attached hydrogens (tertiary/aromatic N) is 1. The molecular weight excluding hydrogens is 299 g/mol. The van der Waals surface area contributed by atoms with Gasteiger partial charge in [0.05, 0.1) is 11.9 Å². The number of rotatable bonds is 8. The average molecular weight is 316 g/mol. The summed E-state index contributed by atoms with van der Waals surface area (Å²) in [6.07, 6.45) is -0.988. The molecule has 5 N–H and O–H groups in total. The Morgan fingerprint density at radius 3 is 2.48 bits per heavy atom. The first-order valence-corrected chi connectivity index (χ1v) is 7.82. The maximum absolute atomic E-state index is 11.0. The standard InChI is InChI=1S/C12H17N2O6P/c13-11(12(15)16)6-10(8-21(17,18)19)14-20-7-9-4-2-1-3-5-9/h1-5,11H,6-8,13H2,(H,15,16)(H2,17,18,19)/t11-/m1/s1. The van der Waals surface area contributed by atoms with E-state index in [1.54, 1.807) is 24.3 Å². The van der Waals surface area contributed by atoms with Crippen LogP contribution in [0.2, 0.25) is 0 Å². The van der Waals surface area contributed by atoms with Crippen LogP contribution in [0.3, 0.4) is 0 Å². The van der Waals surface area contributed by atoms with Gasteiger partial charge in [-0.2, -0.15) is 0 Å². The van der Waals surface area contributed by atoms with Gasteiger partial charge < -0.3 is 25.5 Å². The quantitative estimate of drug-likeness (QED) is 0.311. The van der Waals surface area contributed by atoms with E-state index in [0.29, 0.717) is 0 Å². The van der Waals surface area contributed by atoms with E-state index in [9.17, 15) is 9.36 Å². The fourth-order valence-electron chi connectivity index (χ4n) is 1.48. The van der Waals surface area contributed by atoms with Crippen molar-refractivity contribution in [1.82, 2.24) is 0 Å². The van der Waals surface area contributed by atoms with E-state index in [1.807, 2.05) is 6.07 Å². The molecule has 1 aromatic carbocycles. The van der Waals surface area contributed by atoms with E-state index in [2.05, 4.69) is 5.16 Å². The lowest BCUT2D eigenvalue weighted by Crippen LogP contribution is -2.33. The maximum atomic E-state index is 11.0. The number of hydrogen-bond donors (Lipinski definition) is 4. The highest BCUT2D eigenvalue weighted by atomic mass is 31.2. The van der Waals surface area contributed by atoms with Gasteiger partial charge >= 0.3 is 13.6 Å². The third-order valence-corrected chi connectivity index (χ3v) is 3.21. The fraction of sp³-hybridized carbons (Fsp3) is 0.333. The number of oxime groups is 1. The summed E-state index contributed by atoms with van der Waals surface area (Å²) >= 11 is 0. The lowest BCUT2D eigenvalue weighted by atomic mass is 10.1. The molecule has 8 nitrogen and oxygen atoms in total. The Labute approximate surface area is 121 Å². The van der Waals surface area contributed by atoms with Gasteiger partial charge in [-0.25, -0.2) is 0 Å². The van der Waals surface area contributed by atoms with Crippen LogP contribution in [0, 0.1) is 0 Å². The van der Waals surface area contributed by atoms with Crippen LogP contribution in [0.25, 0.3) is 0 Å². The van der Waals surface area contributed by atoms with Gasteiger partial charge in [0.25, 0.3) is 0 Å². The molecular formula is C12H17N2O6P. The SMILES string of the molecule is N[C@H](CC(CP(=O)(O)O)=NOCc1ccccc1)C(=O)O. The van der Waals surface area contributed by atoms with Crippen molar-refractivity contribution in [2.75, 3.05) is 6.16 Å². The molecule has 0 heterocycles. The third-order valence-electron chi connectivity index (χ3n) is 2.43. The van der Waals surface area contributed by atoms with Crippen molar-refractivity contribution in [3.8, 4) is 0 Å². The van der Waals surface area contributed by atoms with E-state index < -0.39 is 25.8 Å². The highest BCUT2D eigenvalue weighted by molar-refractivity contribution is 7.52. The van der Waals surface area contributed by atoms with Crippen molar-refractivity contribution in [3.63, 3.8) is 0 Å². The molecule has 0 aromatic heterocycles. The molecule has 21 heavy (non-hydrogen) atoms. The van der Waals surface area contributed by atoms with Gasteiger partial charge in [0.1, 0.15) is 12.6 Å². The van der Waals surface area contributed by atoms with E-state index in [4.69, 9.17) is 25.5 Å². The molecule has 0 saturated heterocycles. The van der Waals surface area contributed by atoms with Crippen LogP contribution < -0.4 is 5.73 Å². The van der Waals surface area contributed by atoms with Crippen LogP contribution in [0.4, 0.5) is 0 Å². The molecule has 1 aromatic rings. The van der Waals surface area contributed by atoms with Gasteiger partial charge in [0, 0.05) is 6.42 Å². The second-order valence-electron chi connectivity index (χ2n) is 4.39. The first kappa shape index (κ1) is 17.3. The predicted molar refractivity (Wildman–Crippen MR) is 75.8 cm³/mol. The fourth-order valence-corrected chi connectivity index (χ4v) is 2.14. The third kappa shape index (κ3) is 7.57. The molecule has 0 saturated carbocycles. The van der Waals surface area contributed by atoms with Crippen molar-refractivity contribution >= 4 is 19.3 Å². The van der Waals surface area contributed by atoms with Crippen molar-refractivity contribution in [1.29, 1.82) is 0 Å². The monoisotopic (exact) mass is 316 g/mol. The van der Waals surface area contributed by atoms with Crippen molar-refractivity contribution in [2.24, 2.45) is 10.9 Å². The highest BCUT2D eigenvalue weighted by Crippen LogP contribution is 2.34. The minimum atomic E-state index is -4.38. The molecule has 1 rings (SSSR count). The summed E-state index contributed by atoms with van der Waals surface area (Å²) in [5.41, 5.74) is 6.06. The van der Waals surface area contributed by atoms with Gasteiger partial charge in [-0.1, -0.05) is 35.5 Å². The van der Waals surface area contributed by atoms with Crippen LogP contribution in [-0.4, -0.2) is 38.8 Å². The Morgan fingerprint density at radius 2 is 1.95 bits per heavy atom. The van der Waals surface area contributed by atoms with Crippen LogP contribution in [0.1, 0.15) is 12.0 Å². The zero-order valence-corrected chi connectivity index (χ0v) is 12.0. The van der Waals surface area contributed by atoms with Crippen LogP contribution in [0.5, 0.6) is 0 Å². The Balaban J connectivity index is 2.68. The van der Waals surface area contributed by atoms with Crippen LogP contribution in [0.15, 0.2) is 35.5 Å². The first-order chi connectivity index (χ1) is 9.78. The van der Waals surface area contributed by atoms with Gasteiger partial charge in [-0.05, 0) is 5.56 Å². The second kappa shape index (κ2) is 7.90. The summed E-state index contributed by atoms with van der Waals surface area (Å²) in [6, 6.07) is 7.73. The smallest absolute Gasteiger partial charge is 0.331 e. The van der Waals surface area contributed by atoms with E-state index in [0.717, 1.165) is 5.56 Å². The molecule has 0 fully saturated rings. The van der Waals surface area contributed by atoms with Crippen LogP contribution >= 0.6 is 7.60 Å². The Hall–Kier alpha value is -1.73. The predicted octanol–water partition coefficient (Wildman–Crippen LogP) is 0.539. The van der Waals surface area contributed by atoms with E-state index >= 15 is 0 Å². The zero-order chi connectivity index (χ0) is 15.9. The summed E-state index contributed by atoms with van der Waals surface area (Å²) in [7, 11) is -4.38. The van der Waals surface area contributed by atoms with Gasteiger partial charge in [-0.15, -0.1) is 0 Å². The summed E-state index contributed by atoms with van der Waals surface area (Å²) in [4.78, 5) is 33.6. The Kier molecular flexibility index (Phi) is 6.51. The topological polar surface area (TPSA) is 142 Å². The molecule has 0 aliphatic rings. The minimum Gasteiger partial charge on any atom is -0.480 e. The number of carboxylic acids is 1. The minimum absolute atomic E-state index is 0.0887. The summed E-state index contributed by atoms with van der Waals surface area (Å²) < 4.78 is 11.0. The van der Waals surface area contributed by atoms with Gasteiger partial charge in [0.2, 0.25) is 0 Å². The molecule has 0 amide bonds. The van der Waals surface area contributed by atoms with E-state index in [1.165, 1.54) is 0 Å². The zero-order valence-electron chi connectivity index (χ0n) is 11.1. The van der Waals surface area contributed by atoms with Crippen molar-refractivity contribution in [3.05, 3.63) is 35.9 Å². The normalized spacial score (nSPS) is 13.8. The van der Waals surface area contributed by atoms with Gasteiger partial charge in [-0.3, -0.25) is 9.36 Å². The largest absolute Gasteiger partial charge is 0.480 e. The van der Waals surface area contributed by atoms with Crippen molar-refractivity contribution in [2.45, 2.75) is 19.1 Å². The summed E-state index contributed by atoms with van der Waals surface area (Å²) in [5, 5.41) is 12.3. The van der Waals surface area contributed by atoms with Gasteiger partial charge in [0.15, 0.2) is 0 Å². The summed E-state index contributed by atoms with van der Waals surface area (Å²) in [6.45, 7) is 0.105. The number of hydrogen-bond acceptors (Lipinski definition) is 5. The number of carboxylic acid groups (broad SMARTS) is 1. The lowest BCUT2D eigenvalue weighted by molar-refractivity contribution is -0.138. The average Bonchev–Trinajstić information content (AvgIpc) is 2.37. The highest BCUT2D eigenvalue weighted by Gasteiger charge is 2.22. The first-order valence-electron chi connectivity index (χ1n) is 6.02. The number of aliphatic carboxylic acids is 1. The number of benzene rings is 1. The molecule has 9 heteroatoms. The molecule has 0 spiro atoms. The maximum Gasteiger partial charge on any atom is 0.331 e. The molecule has 0 radical (unpaired) electrons. The second-order valence-corrected chi connectivity index (χ2v) is 6.03. The summed E-state index contributed by atoms with van der Waals surface area (Å²) in [5.74, 6) is -1.28. The van der Waals surface area contributed by atoms with Crippen molar-refractivity contribution < 1.29 is 29.1 Å². The Bertz CT molecular complexity index is 542. The Morgan fingerprint density at radius 1 is 1.33 bits per heavy atom. The number of nitrogens with two attached hydrogens (primary N) is 1. The van der Waals surface area contributed by atoms with Crippen LogP contribution in [-0.2, 0) is 20.8 Å². The lowest BCUT2D eigenvalue weighted by Gasteiger charge is -2.10. The molecule has 1 atom stereocenters. The van der Waals surface area contributed by atoms with E-state index in [-0.39, 0.29) is 18.7 Å². The molecule has 116 valence electrons. The molecule has 0 aliphatic carbocycles. The molecule has 0 bridgehead atoms. The molecule has 0 unspecified atom stereocenters. The number of carbonyl (C=O) groups is 1. The molecule has 0 aliphatic heterocycles.